The molecule has 1 atom stereocenters. The zero-order valence-corrected chi connectivity index (χ0v) is 20.3. The molecule has 3 aromatic carbocycles. The van der Waals surface area contributed by atoms with Crippen LogP contribution >= 0.6 is 11.8 Å². The van der Waals surface area contributed by atoms with Crippen LogP contribution in [0.5, 0.6) is 0 Å². The van der Waals surface area contributed by atoms with Crippen LogP contribution in [0, 0.1) is 0 Å². The largest absolute Gasteiger partial charge is 0.325 e. The van der Waals surface area contributed by atoms with Crippen molar-refractivity contribution >= 4 is 40.0 Å². The smallest absolute Gasteiger partial charge is 0.262 e. The van der Waals surface area contributed by atoms with Crippen molar-refractivity contribution < 1.29 is 4.79 Å². The van der Waals surface area contributed by atoms with Crippen molar-refractivity contribution in [1.29, 1.82) is 0 Å². The van der Waals surface area contributed by atoms with Gasteiger partial charge in [0, 0.05) is 17.8 Å². The number of carbonyl (C=O) groups excluding carboxylic acids is 1. The second-order valence-corrected chi connectivity index (χ2v) is 9.56. The lowest BCUT2D eigenvalue weighted by atomic mass is 10.0. The number of nitrogens with one attached hydrogen (secondary N) is 1. The lowest BCUT2D eigenvalue weighted by Gasteiger charge is -2.15. The molecule has 0 fully saturated rings. The van der Waals surface area contributed by atoms with Crippen LogP contribution in [-0.2, 0) is 11.3 Å². The number of hydrogen-bond donors (Lipinski definition) is 1. The Morgan fingerprint density at radius 1 is 0.971 bits per heavy atom. The van der Waals surface area contributed by atoms with E-state index in [-0.39, 0.29) is 11.5 Å². The molecule has 0 radical (unpaired) electrons. The number of hydrogen-bond acceptors (Lipinski definition) is 5. The molecule has 0 spiro atoms. The first-order valence-corrected chi connectivity index (χ1v) is 12.4. The number of rotatable bonds is 7. The summed E-state index contributed by atoms with van der Waals surface area (Å²) in [6.45, 7) is 4.41. The van der Waals surface area contributed by atoms with Crippen LogP contribution in [0.3, 0.4) is 0 Å². The fourth-order valence-electron chi connectivity index (χ4n) is 4.14. The van der Waals surface area contributed by atoms with Gasteiger partial charge in [-0.2, -0.15) is 0 Å². The Hall–Kier alpha value is -3.91. The number of para-hydroxylation sites is 2. The molecule has 2 heterocycles. The van der Waals surface area contributed by atoms with Crippen molar-refractivity contribution in [2.75, 3.05) is 5.32 Å². The Morgan fingerprint density at radius 3 is 2.49 bits per heavy atom. The van der Waals surface area contributed by atoms with Gasteiger partial charge in [-0.1, -0.05) is 79.3 Å². The molecular formula is C27H25N5O2S. The first-order valence-electron chi connectivity index (χ1n) is 11.6. The van der Waals surface area contributed by atoms with Crippen molar-refractivity contribution in [3.05, 3.63) is 89.2 Å². The highest BCUT2D eigenvalue weighted by Crippen LogP contribution is 2.30. The molecule has 2 aromatic heterocycles. The molecule has 0 bridgehead atoms. The summed E-state index contributed by atoms with van der Waals surface area (Å²) in [6.07, 6.45) is 0.795. The average Bonchev–Trinajstić information content (AvgIpc) is 3.30. The first kappa shape index (κ1) is 22.9. The van der Waals surface area contributed by atoms with E-state index in [4.69, 9.17) is 0 Å². The Balaban J connectivity index is 1.47. The van der Waals surface area contributed by atoms with E-state index in [2.05, 4.69) is 15.5 Å². The molecule has 35 heavy (non-hydrogen) atoms. The van der Waals surface area contributed by atoms with Gasteiger partial charge in [-0.15, -0.1) is 10.2 Å². The van der Waals surface area contributed by atoms with Crippen molar-refractivity contribution in [1.82, 2.24) is 19.2 Å². The lowest BCUT2D eigenvalue weighted by Crippen LogP contribution is -2.24. The van der Waals surface area contributed by atoms with E-state index < -0.39 is 5.25 Å². The number of aromatic nitrogens is 4. The highest BCUT2D eigenvalue weighted by atomic mass is 32.2. The van der Waals surface area contributed by atoms with Gasteiger partial charge >= 0.3 is 0 Å². The molecular weight excluding hydrogens is 458 g/mol. The Labute approximate surface area is 206 Å². The quantitative estimate of drug-likeness (QED) is 0.320. The van der Waals surface area contributed by atoms with Gasteiger partial charge in [0.25, 0.3) is 5.56 Å². The molecule has 0 aliphatic rings. The third kappa shape index (κ3) is 4.33. The van der Waals surface area contributed by atoms with Gasteiger partial charge in [-0.05, 0) is 37.1 Å². The van der Waals surface area contributed by atoms with Gasteiger partial charge in [0.05, 0.1) is 16.2 Å². The number of thioether (sulfide) groups is 1. The molecule has 1 amide bonds. The minimum Gasteiger partial charge on any atom is -0.325 e. The normalized spacial score (nSPS) is 12.2. The number of carbonyl (C=O) groups is 1. The molecule has 1 N–H and O–H groups in total. The molecule has 0 saturated carbocycles. The van der Waals surface area contributed by atoms with Gasteiger partial charge in [-0.3, -0.25) is 18.6 Å². The number of fused-ring (bicyclic) bond motifs is 3. The van der Waals surface area contributed by atoms with Gasteiger partial charge in [0.15, 0.2) is 5.16 Å². The van der Waals surface area contributed by atoms with E-state index >= 15 is 0 Å². The SMILES string of the molecule is CCCn1c(=O)c2ccccc2n2c(SC(C)C(=O)Nc3ccccc3-c3ccccc3)nnc12. The fourth-order valence-corrected chi connectivity index (χ4v) is 5.00. The topological polar surface area (TPSA) is 81.3 Å². The van der Waals surface area contributed by atoms with Crippen LogP contribution in [0.1, 0.15) is 20.3 Å². The van der Waals surface area contributed by atoms with Gasteiger partial charge in [-0.25, -0.2) is 0 Å². The van der Waals surface area contributed by atoms with E-state index in [0.29, 0.717) is 22.9 Å². The Kier molecular flexibility index (Phi) is 6.37. The summed E-state index contributed by atoms with van der Waals surface area (Å²) in [5.74, 6) is 0.349. The molecule has 1 unspecified atom stereocenters. The number of aryl methyl sites for hydroxylation is 1. The molecule has 5 rings (SSSR count). The van der Waals surface area contributed by atoms with Crippen molar-refractivity contribution in [3.8, 4) is 11.1 Å². The summed E-state index contributed by atoms with van der Waals surface area (Å²) in [5.41, 5.74) is 3.40. The maximum absolute atomic E-state index is 13.2. The standard InChI is InChI=1S/C27H25N5O2S/c1-3-17-31-25(34)21-14-8-10-16-23(21)32-26(31)29-30-27(32)35-18(2)24(33)28-22-15-9-7-13-20(22)19-11-5-4-6-12-19/h4-16,18H,3,17H2,1-2H3,(H,28,33). The van der Waals surface area contributed by atoms with Gasteiger partial charge in [0.1, 0.15) is 0 Å². The van der Waals surface area contributed by atoms with Crippen molar-refractivity contribution in [3.63, 3.8) is 0 Å². The zero-order valence-electron chi connectivity index (χ0n) is 19.5. The molecule has 8 heteroatoms. The van der Waals surface area contributed by atoms with Gasteiger partial charge in [0.2, 0.25) is 11.7 Å². The van der Waals surface area contributed by atoms with E-state index in [9.17, 15) is 9.59 Å². The highest BCUT2D eigenvalue weighted by molar-refractivity contribution is 8.00. The second-order valence-electron chi connectivity index (χ2n) is 8.25. The maximum atomic E-state index is 13.2. The summed E-state index contributed by atoms with van der Waals surface area (Å²) >= 11 is 1.32. The first-order chi connectivity index (χ1) is 17.1. The summed E-state index contributed by atoms with van der Waals surface area (Å²) in [4.78, 5) is 26.2. The maximum Gasteiger partial charge on any atom is 0.262 e. The van der Waals surface area contributed by atoms with E-state index in [1.807, 2.05) is 97.1 Å². The third-order valence-corrected chi connectivity index (χ3v) is 6.89. The van der Waals surface area contributed by atoms with Crippen LogP contribution in [0.4, 0.5) is 5.69 Å². The third-order valence-electron chi connectivity index (χ3n) is 5.85. The summed E-state index contributed by atoms with van der Waals surface area (Å²) in [7, 11) is 0. The second kappa shape index (κ2) is 9.76. The van der Waals surface area contributed by atoms with Crippen LogP contribution in [0.15, 0.2) is 88.8 Å². The van der Waals surface area contributed by atoms with Crippen LogP contribution < -0.4 is 10.9 Å². The molecule has 0 saturated heterocycles. The summed E-state index contributed by atoms with van der Waals surface area (Å²) in [6, 6.07) is 25.2. The molecule has 0 aliphatic heterocycles. The number of anilines is 1. The van der Waals surface area contributed by atoms with E-state index in [0.717, 1.165) is 28.8 Å². The predicted octanol–water partition coefficient (Wildman–Crippen LogP) is 5.24. The number of benzene rings is 3. The Morgan fingerprint density at radius 2 is 1.69 bits per heavy atom. The van der Waals surface area contributed by atoms with Crippen LogP contribution in [0.2, 0.25) is 0 Å². The molecule has 5 aromatic rings. The molecule has 176 valence electrons. The van der Waals surface area contributed by atoms with Crippen LogP contribution in [-0.4, -0.2) is 30.3 Å². The summed E-state index contributed by atoms with van der Waals surface area (Å²) < 4.78 is 3.53. The highest BCUT2D eigenvalue weighted by Gasteiger charge is 2.22. The fraction of sp³-hybridized carbons (Fsp3) is 0.185. The van der Waals surface area contributed by atoms with Crippen molar-refractivity contribution in [2.24, 2.45) is 0 Å². The van der Waals surface area contributed by atoms with Crippen molar-refractivity contribution in [2.45, 2.75) is 37.2 Å². The predicted molar refractivity (Wildman–Crippen MR) is 141 cm³/mol. The van der Waals surface area contributed by atoms with E-state index in [1.165, 1.54) is 11.8 Å². The van der Waals surface area contributed by atoms with Gasteiger partial charge < -0.3 is 5.32 Å². The minimum absolute atomic E-state index is 0.0813. The average molecular weight is 484 g/mol. The Bertz CT molecular complexity index is 1580. The number of nitrogens with zero attached hydrogens (tertiary/aromatic N) is 4. The van der Waals surface area contributed by atoms with E-state index in [1.54, 1.807) is 4.57 Å². The monoisotopic (exact) mass is 483 g/mol. The lowest BCUT2D eigenvalue weighted by molar-refractivity contribution is -0.115. The van der Waals surface area contributed by atoms with Crippen LogP contribution in [0.25, 0.3) is 27.8 Å². The minimum atomic E-state index is -0.448. The number of amides is 1. The summed E-state index contributed by atoms with van der Waals surface area (Å²) in [5, 5.41) is 12.5. The zero-order chi connectivity index (χ0) is 24.4. The molecule has 0 aliphatic carbocycles. The molecule has 7 nitrogen and oxygen atoms in total.